The summed E-state index contributed by atoms with van der Waals surface area (Å²) >= 11 is 0. The fraction of sp³-hybridized carbons (Fsp3) is 0.826. The molecule has 150 valence electrons. The molecule has 0 spiro atoms. The summed E-state index contributed by atoms with van der Waals surface area (Å²) < 4.78 is 0. The summed E-state index contributed by atoms with van der Waals surface area (Å²) in [5, 5.41) is 6.48. The molecule has 4 aliphatic rings. The number of carbonyl (C=O) groups is 2. The maximum absolute atomic E-state index is 13.0. The van der Waals surface area contributed by atoms with Crippen molar-refractivity contribution in [2.24, 2.45) is 34.5 Å². The smallest absolute Gasteiger partial charge is 0.243 e. The number of carbonyl (C=O) groups excluding carboxylic acids is 2. The summed E-state index contributed by atoms with van der Waals surface area (Å²) in [5.41, 5.74) is 0.0323. The number of fused-ring (bicyclic) bond motifs is 5. The van der Waals surface area contributed by atoms with Gasteiger partial charge < -0.3 is 10.6 Å². The molecule has 0 saturated heterocycles. The molecular formula is C23H36N2O2. The van der Waals surface area contributed by atoms with Gasteiger partial charge in [0.2, 0.25) is 11.8 Å². The number of amides is 2. The van der Waals surface area contributed by atoms with Gasteiger partial charge in [0.15, 0.2) is 0 Å². The van der Waals surface area contributed by atoms with Crippen LogP contribution in [0.15, 0.2) is 12.2 Å². The Balaban J connectivity index is 1.58. The third-order valence-electron chi connectivity index (χ3n) is 8.50. The van der Waals surface area contributed by atoms with Gasteiger partial charge in [0.05, 0.1) is 0 Å². The summed E-state index contributed by atoms with van der Waals surface area (Å²) in [7, 11) is 0. The highest BCUT2D eigenvalue weighted by Crippen LogP contribution is 2.65. The SMILES string of the molecule is CC(C)(C)NC(=O)[C@@H]1CC[C@H]2[C@@H]3CC[C@H]4NC(=O)C=C[C@]4(C)[C@H]3CC[C@]12C. The summed E-state index contributed by atoms with van der Waals surface area (Å²) in [4.78, 5) is 24.9. The molecule has 0 aromatic rings. The van der Waals surface area contributed by atoms with Crippen LogP contribution < -0.4 is 10.6 Å². The summed E-state index contributed by atoms with van der Waals surface area (Å²) in [6.07, 6.45) is 10.7. The van der Waals surface area contributed by atoms with Crippen molar-refractivity contribution in [3.8, 4) is 0 Å². The fourth-order valence-corrected chi connectivity index (χ4v) is 7.22. The highest BCUT2D eigenvalue weighted by molar-refractivity contribution is 5.89. The number of hydrogen-bond donors (Lipinski definition) is 2. The largest absolute Gasteiger partial charge is 0.351 e. The lowest BCUT2D eigenvalue weighted by atomic mass is 9.48. The van der Waals surface area contributed by atoms with Crippen molar-refractivity contribution in [1.82, 2.24) is 10.6 Å². The second kappa shape index (κ2) is 6.09. The van der Waals surface area contributed by atoms with Gasteiger partial charge in [-0.05, 0) is 88.5 Å². The van der Waals surface area contributed by atoms with Crippen molar-refractivity contribution in [1.29, 1.82) is 0 Å². The molecule has 1 heterocycles. The van der Waals surface area contributed by atoms with Crippen LogP contribution in [0.25, 0.3) is 0 Å². The molecule has 0 aromatic carbocycles. The molecule has 0 unspecified atom stereocenters. The average molecular weight is 373 g/mol. The Morgan fingerprint density at radius 3 is 2.56 bits per heavy atom. The number of rotatable bonds is 1. The maximum Gasteiger partial charge on any atom is 0.243 e. The fourth-order valence-electron chi connectivity index (χ4n) is 7.22. The van der Waals surface area contributed by atoms with E-state index in [-0.39, 0.29) is 40.1 Å². The van der Waals surface area contributed by atoms with Crippen LogP contribution in [0.3, 0.4) is 0 Å². The lowest BCUT2D eigenvalue weighted by Crippen LogP contribution is -2.59. The minimum atomic E-state index is -0.167. The first-order valence-corrected chi connectivity index (χ1v) is 10.9. The second-order valence-electron chi connectivity index (χ2n) is 11.1. The van der Waals surface area contributed by atoms with E-state index in [9.17, 15) is 9.59 Å². The Hall–Kier alpha value is -1.32. The normalized spacial score (nSPS) is 46.1. The molecule has 4 nitrogen and oxygen atoms in total. The van der Waals surface area contributed by atoms with Gasteiger partial charge in [-0.15, -0.1) is 0 Å². The Labute approximate surface area is 163 Å². The van der Waals surface area contributed by atoms with Crippen LogP contribution in [-0.2, 0) is 9.59 Å². The maximum atomic E-state index is 13.0. The predicted octanol–water partition coefficient (Wildman–Crippen LogP) is 3.81. The Morgan fingerprint density at radius 2 is 1.85 bits per heavy atom. The van der Waals surface area contributed by atoms with E-state index >= 15 is 0 Å². The molecule has 0 bridgehead atoms. The molecule has 3 fully saturated rings. The molecule has 2 N–H and O–H groups in total. The molecule has 1 aliphatic heterocycles. The molecular weight excluding hydrogens is 336 g/mol. The second-order valence-corrected chi connectivity index (χ2v) is 11.1. The first-order valence-electron chi connectivity index (χ1n) is 10.9. The van der Waals surface area contributed by atoms with Crippen molar-refractivity contribution in [3.63, 3.8) is 0 Å². The Kier molecular flexibility index (Phi) is 4.29. The van der Waals surface area contributed by atoms with E-state index in [1.54, 1.807) is 6.08 Å². The average Bonchev–Trinajstić information content (AvgIpc) is 2.91. The number of nitrogens with one attached hydrogen (secondary N) is 2. The van der Waals surface area contributed by atoms with Gasteiger partial charge in [0, 0.05) is 22.9 Å². The molecule has 4 heteroatoms. The van der Waals surface area contributed by atoms with Crippen molar-refractivity contribution in [2.75, 3.05) is 0 Å². The van der Waals surface area contributed by atoms with Gasteiger partial charge in [-0.2, -0.15) is 0 Å². The van der Waals surface area contributed by atoms with Crippen LogP contribution in [0.5, 0.6) is 0 Å². The summed E-state index contributed by atoms with van der Waals surface area (Å²) in [6, 6.07) is 0.280. The van der Waals surface area contributed by atoms with Gasteiger partial charge >= 0.3 is 0 Å². The number of hydrogen-bond acceptors (Lipinski definition) is 2. The molecule has 4 rings (SSSR count). The zero-order chi connectivity index (χ0) is 19.6. The van der Waals surface area contributed by atoms with E-state index < -0.39 is 0 Å². The first kappa shape index (κ1) is 19.0. The third kappa shape index (κ3) is 2.94. The van der Waals surface area contributed by atoms with Gasteiger partial charge in [-0.3, -0.25) is 9.59 Å². The van der Waals surface area contributed by atoms with Crippen molar-refractivity contribution >= 4 is 11.8 Å². The highest BCUT2D eigenvalue weighted by Gasteiger charge is 2.60. The van der Waals surface area contributed by atoms with E-state index in [1.165, 1.54) is 19.3 Å². The standard InChI is InChI=1S/C23H36N2O2/c1-21(2,3)25-20(27)17-8-7-15-14-6-9-18-23(5,13-11-19(26)24-18)16(14)10-12-22(15,17)4/h11,13-18H,6-10,12H2,1-5H3,(H,24,26)(H,25,27)/t14-,15-,16-,17-,18+,22-,23+/m0/s1. The van der Waals surface area contributed by atoms with Crippen LogP contribution in [-0.4, -0.2) is 23.4 Å². The van der Waals surface area contributed by atoms with Crippen LogP contribution in [0.1, 0.15) is 73.1 Å². The van der Waals surface area contributed by atoms with Gasteiger partial charge in [0.1, 0.15) is 0 Å². The van der Waals surface area contributed by atoms with E-state index in [1.807, 2.05) is 0 Å². The topological polar surface area (TPSA) is 58.2 Å². The minimum Gasteiger partial charge on any atom is -0.351 e. The van der Waals surface area contributed by atoms with Gasteiger partial charge in [-0.25, -0.2) is 0 Å². The monoisotopic (exact) mass is 372 g/mol. The minimum absolute atomic E-state index is 0.0661. The van der Waals surface area contributed by atoms with E-state index in [0.29, 0.717) is 17.8 Å². The summed E-state index contributed by atoms with van der Waals surface area (Å²) in [6.45, 7) is 11.0. The van der Waals surface area contributed by atoms with Crippen molar-refractivity contribution in [2.45, 2.75) is 84.7 Å². The van der Waals surface area contributed by atoms with E-state index in [0.717, 1.165) is 19.3 Å². The van der Waals surface area contributed by atoms with E-state index in [2.05, 4.69) is 51.3 Å². The molecule has 0 radical (unpaired) electrons. The van der Waals surface area contributed by atoms with Crippen molar-refractivity contribution < 1.29 is 9.59 Å². The summed E-state index contributed by atoms with van der Waals surface area (Å²) in [5.74, 6) is 2.41. The predicted molar refractivity (Wildman–Crippen MR) is 107 cm³/mol. The van der Waals surface area contributed by atoms with Crippen LogP contribution >= 0.6 is 0 Å². The lowest BCUT2D eigenvalue weighted by Gasteiger charge is -2.58. The molecule has 27 heavy (non-hydrogen) atoms. The van der Waals surface area contributed by atoms with Gasteiger partial charge in [-0.1, -0.05) is 19.9 Å². The molecule has 7 atom stereocenters. The first-order chi connectivity index (χ1) is 12.5. The highest BCUT2D eigenvalue weighted by atomic mass is 16.2. The van der Waals surface area contributed by atoms with Crippen LogP contribution in [0, 0.1) is 34.5 Å². The van der Waals surface area contributed by atoms with Gasteiger partial charge in [0.25, 0.3) is 0 Å². The zero-order valence-corrected chi connectivity index (χ0v) is 17.6. The molecule has 0 aromatic heterocycles. The molecule has 3 aliphatic carbocycles. The Morgan fingerprint density at radius 1 is 1.11 bits per heavy atom. The molecule has 3 saturated carbocycles. The quantitative estimate of drug-likeness (QED) is 0.735. The van der Waals surface area contributed by atoms with E-state index in [4.69, 9.17) is 0 Å². The third-order valence-corrected chi connectivity index (χ3v) is 8.50. The Bertz CT molecular complexity index is 678. The zero-order valence-electron chi connectivity index (χ0n) is 17.6. The van der Waals surface area contributed by atoms with Crippen molar-refractivity contribution in [3.05, 3.63) is 12.2 Å². The lowest BCUT2D eigenvalue weighted by molar-refractivity contribution is -0.135. The van der Waals surface area contributed by atoms with Crippen LogP contribution in [0.4, 0.5) is 0 Å². The van der Waals surface area contributed by atoms with Crippen LogP contribution in [0.2, 0.25) is 0 Å². The molecule has 2 amide bonds.